The molecule has 0 fully saturated rings. The average molecular weight is 128 g/mol. The molecule has 0 rings (SSSR count). The van der Waals surface area contributed by atoms with Gasteiger partial charge in [0.05, 0.1) is 0 Å². The van der Waals surface area contributed by atoms with E-state index in [1.807, 2.05) is 13.8 Å². The summed E-state index contributed by atoms with van der Waals surface area (Å²) >= 11 is 0. The van der Waals surface area contributed by atoms with Crippen molar-refractivity contribution >= 4 is 5.97 Å². The Morgan fingerprint density at radius 3 is 2.00 bits per heavy atom. The van der Waals surface area contributed by atoms with Crippen LogP contribution in [0.1, 0.15) is 20.8 Å². The Kier molecular flexibility index (Phi) is 2.99. The minimum Gasteiger partial charge on any atom is -0.478 e. The maximum absolute atomic E-state index is 10.3. The van der Waals surface area contributed by atoms with E-state index in [0.717, 1.165) is 0 Å². The van der Waals surface area contributed by atoms with E-state index in [9.17, 15) is 4.79 Å². The standard InChI is InChI=1S/C7H12O2/c1-4-6(5(2)3)7(8)9/h4-5H,1-3H3,(H,8,9). The summed E-state index contributed by atoms with van der Waals surface area (Å²) < 4.78 is 0. The molecule has 0 aromatic rings. The van der Waals surface area contributed by atoms with Crippen molar-refractivity contribution in [2.24, 2.45) is 5.92 Å². The second-order valence-corrected chi connectivity index (χ2v) is 2.20. The van der Waals surface area contributed by atoms with Crippen molar-refractivity contribution in [2.45, 2.75) is 20.8 Å². The van der Waals surface area contributed by atoms with Gasteiger partial charge in [-0.3, -0.25) is 0 Å². The van der Waals surface area contributed by atoms with Gasteiger partial charge in [0.1, 0.15) is 0 Å². The quantitative estimate of drug-likeness (QED) is 0.574. The number of hydrogen-bond donors (Lipinski definition) is 1. The van der Waals surface area contributed by atoms with Crippen LogP contribution in [0.4, 0.5) is 0 Å². The Morgan fingerprint density at radius 2 is 2.00 bits per heavy atom. The molecule has 0 aliphatic heterocycles. The van der Waals surface area contributed by atoms with Gasteiger partial charge in [0.2, 0.25) is 0 Å². The molecule has 0 atom stereocenters. The number of allylic oxidation sites excluding steroid dienone is 1. The van der Waals surface area contributed by atoms with Crippen LogP contribution < -0.4 is 0 Å². The van der Waals surface area contributed by atoms with Crippen LogP contribution >= 0.6 is 0 Å². The summed E-state index contributed by atoms with van der Waals surface area (Å²) in [6, 6.07) is 0. The van der Waals surface area contributed by atoms with Crippen LogP contribution in [0, 0.1) is 5.92 Å². The Bertz CT molecular complexity index is 134. The monoisotopic (exact) mass is 128 g/mol. The lowest BCUT2D eigenvalue weighted by Crippen LogP contribution is -2.05. The molecular formula is C7H12O2. The normalized spacial score (nSPS) is 12.2. The smallest absolute Gasteiger partial charge is 0.331 e. The maximum Gasteiger partial charge on any atom is 0.331 e. The zero-order valence-corrected chi connectivity index (χ0v) is 6.01. The van der Waals surface area contributed by atoms with E-state index in [2.05, 4.69) is 0 Å². The number of carbonyl (C=O) groups is 1. The molecule has 0 saturated heterocycles. The molecule has 9 heavy (non-hydrogen) atoms. The van der Waals surface area contributed by atoms with Crippen molar-refractivity contribution in [1.29, 1.82) is 0 Å². The number of hydrogen-bond acceptors (Lipinski definition) is 1. The largest absolute Gasteiger partial charge is 0.478 e. The fourth-order valence-corrected chi connectivity index (χ4v) is 0.704. The van der Waals surface area contributed by atoms with E-state index in [-0.39, 0.29) is 5.92 Å². The molecule has 0 aliphatic rings. The van der Waals surface area contributed by atoms with E-state index in [0.29, 0.717) is 5.57 Å². The highest BCUT2D eigenvalue weighted by molar-refractivity contribution is 5.86. The first-order chi connectivity index (χ1) is 4.09. The van der Waals surface area contributed by atoms with Gasteiger partial charge >= 0.3 is 5.97 Å². The van der Waals surface area contributed by atoms with Crippen LogP contribution in [0.3, 0.4) is 0 Å². The summed E-state index contributed by atoms with van der Waals surface area (Å²) in [5.74, 6) is -0.694. The first-order valence-corrected chi connectivity index (χ1v) is 2.99. The molecule has 0 unspecified atom stereocenters. The van der Waals surface area contributed by atoms with Gasteiger partial charge < -0.3 is 5.11 Å². The first kappa shape index (κ1) is 8.21. The Labute approximate surface area is 55.2 Å². The van der Waals surface area contributed by atoms with Crippen LogP contribution in [-0.2, 0) is 4.79 Å². The van der Waals surface area contributed by atoms with Gasteiger partial charge in [-0.25, -0.2) is 4.79 Å². The molecule has 2 heteroatoms. The summed E-state index contributed by atoms with van der Waals surface area (Å²) in [5.41, 5.74) is 0.481. The van der Waals surface area contributed by atoms with Gasteiger partial charge in [-0.15, -0.1) is 0 Å². The SMILES string of the molecule is CC=C(C(=O)O)C(C)C. The van der Waals surface area contributed by atoms with Crippen molar-refractivity contribution < 1.29 is 9.90 Å². The lowest BCUT2D eigenvalue weighted by Gasteiger charge is -2.02. The molecule has 0 saturated carbocycles. The molecule has 0 amide bonds. The number of aliphatic carboxylic acids is 1. The van der Waals surface area contributed by atoms with E-state index < -0.39 is 5.97 Å². The summed E-state index contributed by atoms with van der Waals surface area (Å²) in [7, 11) is 0. The number of carboxylic acids is 1. The second kappa shape index (κ2) is 3.28. The van der Waals surface area contributed by atoms with E-state index in [1.165, 1.54) is 0 Å². The van der Waals surface area contributed by atoms with Gasteiger partial charge in [0.25, 0.3) is 0 Å². The molecule has 1 N–H and O–H groups in total. The topological polar surface area (TPSA) is 37.3 Å². The third-order valence-corrected chi connectivity index (χ3v) is 1.18. The molecule has 2 nitrogen and oxygen atoms in total. The molecule has 0 aromatic heterocycles. The first-order valence-electron chi connectivity index (χ1n) is 2.99. The summed E-state index contributed by atoms with van der Waals surface area (Å²) in [5, 5.41) is 8.48. The Hall–Kier alpha value is -0.790. The average Bonchev–Trinajstić information content (AvgIpc) is 1.64. The van der Waals surface area contributed by atoms with Gasteiger partial charge in [-0.2, -0.15) is 0 Å². The molecule has 0 spiro atoms. The summed E-state index contributed by atoms with van der Waals surface area (Å²) in [6.45, 7) is 5.47. The highest BCUT2D eigenvalue weighted by Gasteiger charge is 2.08. The fraction of sp³-hybridized carbons (Fsp3) is 0.571. The molecular weight excluding hydrogens is 116 g/mol. The highest BCUT2D eigenvalue weighted by atomic mass is 16.4. The van der Waals surface area contributed by atoms with Crippen LogP contribution in [0.2, 0.25) is 0 Å². The van der Waals surface area contributed by atoms with Gasteiger partial charge in [-0.1, -0.05) is 19.9 Å². The molecule has 0 bridgehead atoms. The third kappa shape index (κ3) is 2.31. The van der Waals surface area contributed by atoms with E-state index in [4.69, 9.17) is 5.11 Å². The van der Waals surface area contributed by atoms with Crippen molar-refractivity contribution in [1.82, 2.24) is 0 Å². The second-order valence-electron chi connectivity index (χ2n) is 2.20. The fourth-order valence-electron chi connectivity index (χ4n) is 0.704. The third-order valence-electron chi connectivity index (χ3n) is 1.18. The molecule has 0 radical (unpaired) electrons. The van der Waals surface area contributed by atoms with Crippen LogP contribution in [-0.4, -0.2) is 11.1 Å². The Balaban J connectivity index is 4.19. The predicted molar refractivity (Wildman–Crippen MR) is 36.2 cm³/mol. The molecule has 52 valence electrons. The zero-order valence-electron chi connectivity index (χ0n) is 6.01. The molecule has 0 aromatic carbocycles. The number of rotatable bonds is 2. The van der Waals surface area contributed by atoms with Gasteiger partial charge in [0.15, 0.2) is 0 Å². The summed E-state index contributed by atoms with van der Waals surface area (Å²) in [4.78, 5) is 10.3. The minimum absolute atomic E-state index is 0.118. The minimum atomic E-state index is -0.813. The van der Waals surface area contributed by atoms with Gasteiger partial charge in [-0.05, 0) is 12.8 Å². The predicted octanol–water partition coefficient (Wildman–Crippen LogP) is 1.67. The van der Waals surface area contributed by atoms with Gasteiger partial charge in [0, 0.05) is 5.57 Å². The van der Waals surface area contributed by atoms with Crippen LogP contribution in [0.25, 0.3) is 0 Å². The zero-order chi connectivity index (χ0) is 7.44. The molecule has 0 heterocycles. The van der Waals surface area contributed by atoms with E-state index >= 15 is 0 Å². The number of carboxylic acid groups (broad SMARTS) is 1. The van der Waals surface area contributed by atoms with Crippen LogP contribution in [0.5, 0.6) is 0 Å². The van der Waals surface area contributed by atoms with Crippen molar-refractivity contribution in [3.63, 3.8) is 0 Å². The van der Waals surface area contributed by atoms with E-state index in [1.54, 1.807) is 13.0 Å². The Morgan fingerprint density at radius 1 is 1.56 bits per heavy atom. The van der Waals surface area contributed by atoms with Crippen molar-refractivity contribution in [2.75, 3.05) is 0 Å². The maximum atomic E-state index is 10.3. The summed E-state index contributed by atoms with van der Waals surface area (Å²) in [6.07, 6.45) is 1.63. The molecule has 0 aliphatic carbocycles. The van der Waals surface area contributed by atoms with Crippen molar-refractivity contribution in [3.8, 4) is 0 Å². The lowest BCUT2D eigenvalue weighted by molar-refractivity contribution is -0.133. The van der Waals surface area contributed by atoms with Crippen molar-refractivity contribution in [3.05, 3.63) is 11.6 Å². The van der Waals surface area contributed by atoms with Crippen LogP contribution in [0.15, 0.2) is 11.6 Å². The highest BCUT2D eigenvalue weighted by Crippen LogP contribution is 2.07. The lowest BCUT2D eigenvalue weighted by atomic mass is 10.0.